The van der Waals surface area contributed by atoms with Crippen LogP contribution >= 0.6 is 0 Å². The summed E-state index contributed by atoms with van der Waals surface area (Å²) >= 11 is 0. The van der Waals surface area contributed by atoms with Crippen molar-refractivity contribution in [3.63, 3.8) is 0 Å². The Bertz CT molecular complexity index is 994. The Morgan fingerprint density at radius 1 is 1.35 bits per heavy atom. The number of aromatic nitrogens is 2. The molecule has 0 unspecified atom stereocenters. The van der Waals surface area contributed by atoms with Crippen LogP contribution in [-0.2, 0) is 11.3 Å². The number of ether oxygens (including phenoxy) is 1. The molecule has 9 nitrogen and oxygen atoms in total. The molecular formula is C22H29N5O4. The first-order chi connectivity index (χ1) is 14.7. The van der Waals surface area contributed by atoms with Crippen molar-refractivity contribution in [3.8, 4) is 6.07 Å². The molecule has 0 radical (unpaired) electrons. The van der Waals surface area contributed by atoms with Crippen molar-refractivity contribution in [1.82, 2.24) is 20.0 Å². The minimum Gasteiger partial charge on any atom is -0.418 e. The number of nitrogens with zero attached hydrogens (tertiary/aromatic N) is 4. The number of aryl methyl sites for hydroxylation is 1. The van der Waals surface area contributed by atoms with Crippen LogP contribution in [0.25, 0.3) is 10.9 Å². The quantitative estimate of drug-likeness (QED) is 0.540. The predicted molar refractivity (Wildman–Crippen MR) is 114 cm³/mol. The van der Waals surface area contributed by atoms with E-state index in [2.05, 4.69) is 10.4 Å². The van der Waals surface area contributed by atoms with Gasteiger partial charge in [0, 0.05) is 57.2 Å². The summed E-state index contributed by atoms with van der Waals surface area (Å²) in [6.07, 6.45) is 3.39. The molecule has 1 saturated heterocycles. The van der Waals surface area contributed by atoms with Crippen LogP contribution in [-0.4, -0.2) is 57.2 Å². The number of aliphatic hydroxyl groups is 1. The number of piperidine rings is 1. The van der Waals surface area contributed by atoms with E-state index >= 15 is 0 Å². The third-order valence-corrected chi connectivity index (χ3v) is 5.43. The maximum atomic E-state index is 12.4. The van der Waals surface area contributed by atoms with E-state index in [1.54, 1.807) is 11.0 Å². The molecule has 2 N–H and O–H groups in total. The van der Waals surface area contributed by atoms with Gasteiger partial charge in [0.1, 0.15) is 0 Å². The molecule has 2 heterocycles. The Labute approximate surface area is 181 Å². The molecule has 1 fully saturated rings. The summed E-state index contributed by atoms with van der Waals surface area (Å²) in [5, 5.41) is 26.6. The fourth-order valence-corrected chi connectivity index (χ4v) is 3.79. The van der Waals surface area contributed by atoms with Gasteiger partial charge in [-0.3, -0.25) is 9.48 Å². The van der Waals surface area contributed by atoms with Gasteiger partial charge in [0.05, 0.1) is 18.0 Å². The van der Waals surface area contributed by atoms with E-state index in [4.69, 9.17) is 10.00 Å². The molecule has 2 aromatic rings. The molecule has 0 atom stereocenters. The van der Waals surface area contributed by atoms with Crippen molar-refractivity contribution in [1.29, 1.82) is 5.26 Å². The van der Waals surface area contributed by atoms with Crippen LogP contribution in [0.5, 0.6) is 0 Å². The second-order valence-corrected chi connectivity index (χ2v) is 8.43. The van der Waals surface area contributed by atoms with E-state index in [1.807, 2.05) is 29.9 Å². The second kappa shape index (κ2) is 9.35. The first kappa shape index (κ1) is 22.6. The molecule has 31 heavy (non-hydrogen) atoms. The summed E-state index contributed by atoms with van der Waals surface area (Å²) in [7, 11) is 0. The largest absolute Gasteiger partial charge is 0.418 e. The maximum Gasteiger partial charge on any atom is 0.412 e. The molecule has 166 valence electrons. The summed E-state index contributed by atoms with van der Waals surface area (Å²) < 4.78 is 6.93. The fraction of sp³-hybridized carbons (Fsp3) is 0.545. The van der Waals surface area contributed by atoms with Crippen molar-refractivity contribution < 1.29 is 19.4 Å². The first-order valence-corrected chi connectivity index (χ1v) is 10.5. The highest BCUT2D eigenvalue weighted by atomic mass is 16.7. The zero-order chi connectivity index (χ0) is 22.6. The van der Waals surface area contributed by atoms with Gasteiger partial charge in [-0.2, -0.15) is 10.4 Å². The number of carbonyl (C=O) groups excluding carboxylic acids is 2. The van der Waals surface area contributed by atoms with Gasteiger partial charge < -0.3 is 20.1 Å². The minimum absolute atomic E-state index is 0.187. The Kier molecular flexibility index (Phi) is 6.81. The molecule has 3 rings (SSSR count). The number of nitrogens with one attached hydrogen (secondary N) is 1. The minimum atomic E-state index is -1.48. The highest BCUT2D eigenvalue weighted by molar-refractivity contribution is 6.00. The van der Waals surface area contributed by atoms with Crippen molar-refractivity contribution in [2.75, 3.05) is 19.6 Å². The lowest BCUT2D eigenvalue weighted by Crippen LogP contribution is -2.43. The molecule has 9 heteroatoms. The molecule has 0 spiro atoms. The maximum absolute atomic E-state index is 12.4. The molecule has 0 aliphatic carbocycles. The number of hydrogen-bond donors (Lipinski definition) is 2. The van der Waals surface area contributed by atoms with E-state index in [9.17, 15) is 14.7 Å². The SMILES string of the molecule is Cc1c(C(=O)NCCC#N)ccc2nn(CC3CCN(C(=O)OC(C)(C)O)CC3)cc12. The van der Waals surface area contributed by atoms with Crippen LogP contribution in [0.4, 0.5) is 4.79 Å². The third-order valence-electron chi connectivity index (χ3n) is 5.43. The van der Waals surface area contributed by atoms with Crippen molar-refractivity contribution in [3.05, 3.63) is 29.5 Å². The monoisotopic (exact) mass is 427 g/mol. The third kappa shape index (κ3) is 5.73. The standard InChI is InChI=1S/C22H29N5O4/c1-15-17(20(28)24-10-4-9-23)5-6-19-18(15)14-27(25-19)13-16-7-11-26(12-8-16)21(29)31-22(2,3)30/h5-6,14,16,30H,4,7-8,10-13H2,1-3H3,(H,24,28). The van der Waals surface area contributed by atoms with Crippen molar-refractivity contribution in [2.45, 2.75) is 52.4 Å². The van der Waals surface area contributed by atoms with Gasteiger partial charge in [-0.25, -0.2) is 4.79 Å². The first-order valence-electron chi connectivity index (χ1n) is 10.5. The summed E-state index contributed by atoms with van der Waals surface area (Å²) in [6, 6.07) is 5.62. The van der Waals surface area contributed by atoms with E-state index < -0.39 is 11.9 Å². The van der Waals surface area contributed by atoms with Crippen LogP contribution in [0.2, 0.25) is 0 Å². The predicted octanol–water partition coefficient (Wildman–Crippen LogP) is 2.57. The summed E-state index contributed by atoms with van der Waals surface area (Å²) in [4.78, 5) is 26.1. The van der Waals surface area contributed by atoms with Gasteiger partial charge in [0.2, 0.25) is 5.79 Å². The fourth-order valence-electron chi connectivity index (χ4n) is 3.79. The molecule has 2 amide bonds. The van der Waals surface area contributed by atoms with Gasteiger partial charge in [-0.1, -0.05) is 0 Å². The van der Waals surface area contributed by atoms with E-state index in [0.717, 1.165) is 35.9 Å². The molecule has 0 bridgehead atoms. The van der Waals surface area contributed by atoms with Gasteiger partial charge in [0.15, 0.2) is 0 Å². The lowest BCUT2D eigenvalue weighted by atomic mass is 9.97. The number of likely N-dealkylation sites (tertiary alicyclic amines) is 1. The molecule has 1 aliphatic rings. The number of carbonyl (C=O) groups is 2. The van der Waals surface area contributed by atoms with E-state index in [1.165, 1.54) is 13.8 Å². The van der Waals surface area contributed by atoms with Gasteiger partial charge in [-0.15, -0.1) is 0 Å². The summed E-state index contributed by atoms with van der Waals surface area (Å²) in [5.74, 6) is -1.30. The highest BCUT2D eigenvalue weighted by Crippen LogP contribution is 2.24. The lowest BCUT2D eigenvalue weighted by Gasteiger charge is -2.32. The van der Waals surface area contributed by atoms with Crippen LogP contribution < -0.4 is 5.32 Å². The van der Waals surface area contributed by atoms with Crippen molar-refractivity contribution in [2.24, 2.45) is 5.92 Å². The van der Waals surface area contributed by atoms with Crippen LogP contribution in [0, 0.1) is 24.2 Å². The topological polar surface area (TPSA) is 120 Å². The average molecular weight is 428 g/mol. The normalized spacial score (nSPS) is 15.0. The molecule has 0 saturated carbocycles. The molecule has 1 aromatic carbocycles. The zero-order valence-electron chi connectivity index (χ0n) is 18.2. The number of benzene rings is 1. The number of amides is 2. The summed E-state index contributed by atoms with van der Waals surface area (Å²) in [5.41, 5.74) is 2.28. The van der Waals surface area contributed by atoms with E-state index in [0.29, 0.717) is 31.1 Å². The van der Waals surface area contributed by atoms with E-state index in [-0.39, 0.29) is 12.3 Å². The summed E-state index contributed by atoms with van der Waals surface area (Å²) in [6.45, 7) is 6.98. The van der Waals surface area contributed by atoms with Crippen LogP contribution in [0.3, 0.4) is 0 Å². The van der Waals surface area contributed by atoms with Gasteiger partial charge in [-0.05, 0) is 43.4 Å². The number of nitriles is 1. The Morgan fingerprint density at radius 2 is 2.06 bits per heavy atom. The molecule has 1 aromatic heterocycles. The highest BCUT2D eigenvalue weighted by Gasteiger charge is 2.28. The number of rotatable bonds is 6. The Hall–Kier alpha value is -3.12. The van der Waals surface area contributed by atoms with Crippen LogP contribution in [0.15, 0.2) is 18.3 Å². The van der Waals surface area contributed by atoms with Crippen LogP contribution in [0.1, 0.15) is 49.0 Å². The van der Waals surface area contributed by atoms with Crippen molar-refractivity contribution >= 4 is 22.9 Å². The molecular weight excluding hydrogens is 398 g/mol. The number of hydrogen-bond acceptors (Lipinski definition) is 6. The molecule has 1 aliphatic heterocycles. The Morgan fingerprint density at radius 3 is 2.71 bits per heavy atom. The average Bonchev–Trinajstić information content (AvgIpc) is 3.11. The van der Waals surface area contributed by atoms with Gasteiger partial charge in [0.25, 0.3) is 5.91 Å². The Balaban J connectivity index is 1.62. The second-order valence-electron chi connectivity index (χ2n) is 8.43. The lowest BCUT2D eigenvalue weighted by molar-refractivity contribution is -0.140. The number of fused-ring (bicyclic) bond motifs is 1. The van der Waals surface area contributed by atoms with Gasteiger partial charge >= 0.3 is 6.09 Å². The smallest absolute Gasteiger partial charge is 0.412 e. The zero-order valence-corrected chi connectivity index (χ0v) is 18.2.